The van der Waals surface area contributed by atoms with Crippen molar-refractivity contribution in [3.8, 4) is 11.6 Å². The van der Waals surface area contributed by atoms with Crippen LogP contribution in [0.4, 0.5) is 17.3 Å². The number of nitrogens with two attached hydrogens (primary N) is 1. The highest BCUT2D eigenvalue weighted by molar-refractivity contribution is 7.14. The number of anilines is 3. The Kier molecular flexibility index (Phi) is 7.42. The van der Waals surface area contributed by atoms with Crippen LogP contribution in [0.2, 0.25) is 0 Å². The van der Waals surface area contributed by atoms with Crippen LogP contribution in [-0.2, 0) is 14.3 Å². The molecule has 0 bridgehead atoms. The Morgan fingerprint density at radius 1 is 1.09 bits per heavy atom. The van der Waals surface area contributed by atoms with Crippen LogP contribution in [-0.4, -0.2) is 75.0 Å². The Balaban J connectivity index is 1.09. The quantitative estimate of drug-likeness (QED) is 0.236. The lowest BCUT2D eigenvalue weighted by Gasteiger charge is -2.30. The van der Waals surface area contributed by atoms with Crippen molar-refractivity contribution >= 4 is 68.5 Å². The second-order valence-electron chi connectivity index (χ2n) is 10.5. The number of hydrogen-bond donors (Lipinski definition) is 2. The Morgan fingerprint density at radius 3 is 2.57 bits per heavy atom. The average molecular weight is 653 g/mol. The van der Waals surface area contributed by atoms with Crippen molar-refractivity contribution in [3.05, 3.63) is 83.7 Å². The van der Waals surface area contributed by atoms with Gasteiger partial charge in [0.1, 0.15) is 6.10 Å². The molecule has 236 valence electrons. The van der Waals surface area contributed by atoms with Crippen molar-refractivity contribution in [1.82, 2.24) is 19.1 Å². The van der Waals surface area contributed by atoms with E-state index >= 15 is 0 Å². The summed E-state index contributed by atoms with van der Waals surface area (Å²) in [6.07, 6.45) is 1.81. The monoisotopic (exact) mass is 652 g/mol. The number of benzene rings is 2. The number of carbonyl (C=O) groups excluding carboxylic acids is 5. The number of methoxy groups -OCH3 is 1. The molecule has 2 aliphatic heterocycles. The lowest BCUT2D eigenvalue weighted by molar-refractivity contribution is -0.138. The minimum atomic E-state index is -1.11. The second kappa shape index (κ2) is 11.7. The van der Waals surface area contributed by atoms with E-state index < -0.39 is 35.6 Å². The number of pyridine rings is 1. The molecular weight excluding hydrogens is 628 g/mol. The molecule has 16 heteroatoms. The summed E-state index contributed by atoms with van der Waals surface area (Å²) in [4.78, 5) is 71.8. The molecule has 47 heavy (non-hydrogen) atoms. The normalized spacial score (nSPS) is 16.1. The molecule has 1 atom stereocenters. The van der Waals surface area contributed by atoms with Gasteiger partial charge in [0, 0.05) is 29.9 Å². The van der Waals surface area contributed by atoms with E-state index in [4.69, 9.17) is 15.2 Å². The molecule has 1 fully saturated rings. The zero-order chi connectivity index (χ0) is 32.8. The summed E-state index contributed by atoms with van der Waals surface area (Å²) in [7, 11) is 1.51. The summed E-state index contributed by atoms with van der Waals surface area (Å²) in [6.45, 7) is 0.399. The fourth-order valence-corrected chi connectivity index (χ4v) is 6.44. The number of rotatable bonds is 8. The predicted octanol–water partition coefficient (Wildman–Crippen LogP) is 2.55. The number of nitrogens with zero attached hydrogens (tertiary/aromatic N) is 6. The third-order valence-corrected chi connectivity index (χ3v) is 8.61. The maximum atomic E-state index is 13.4. The van der Waals surface area contributed by atoms with E-state index in [1.807, 2.05) is 0 Å². The molecule has 15 nitrogen and oxygen atoms in total. The van der Waals surface area contributed by atoms with Gasteiger partial charge in [-0.3, -0.25) is 28.9 Å². The highest BCUT2D eigenvalue weighted by Crippen LogP contribution is 2.38. The first-order chi connectivity index (χ1) is 22.7. The molecular formula is C31H24N8O7S. The number of carbonyl (C=O) groups is 5. The van der Waals surface area contributed by atoms with Crippen molar-refractivity contribution in [3.63, 3.8) is 0 Å². The minimum Gasteiger partial charge on any atom is -0.481 e. The Morgan fingerprint density at radius 2 is 1.85 bits per heavy atom. The summed E-state index contributed by atoms with van der Waals surface area (Å²) < 4.78 is 17.0. The predicted molar refractivity (Wildman–Crippen MR) is 169 cm³/mol. The number of morpholine rings is 1. The number of amides is 5. The molecule has 7 rings (SSSR count). The van der Waals surface area contributed by atoms with Gasteiger partial charge in [-0.15, -0.1) is 5.10 Å². The number of hydrogen-bond acceptors (Lipinski definition) is 11. The van der Waals surface area contributed by atoms with Gasteiger partial charge in [-0.05, 0) is 41.9 Å². The molecule has 5 amide bonds. The average Bonchev–Trinajstić information content (AvgIpc) is 3.79. The van der Waals surface area contributed by atoms with E-state index in [2.05, 4.69) is 19.8 Å². The molecule has 0 unspecified atom stereocenters. The number of fused-ring (bicyclic) bond motifs is 2. The van der Waals surface area contributed by atoms with E-state index in [0.717, 1.165) is 16.4 Å². The molecule has 3 aromatic heterocycles. The zero-order valence-electron chi connectivity index (χ0n) is 24.6. The molecule has 5 aromatic rings. The first-order valence-electron chi connectivity index (χ1n) is 14.2. The van der Waals surface area contributed by atoms with Gasteiger partial charge in [-0.2, -0.15) is 4.37 Å². The molecule has 5 heterocycles. The Hall–Kier alpha value is -6.00. The van der Waals surface area contributed by atoms with Gasteiger partial charge >= 0.3 is 0 Å². The lowest BCUT2D eigenvalue weighted by atomic mass is 10.1. The lowest BCUT2D eigenvalue weighted by Crippen LogP contribution is -2.49. The van der Waals surface area contributed by atoms with Crippen LogP contribution in [0.3, 0.4) is 0 Å². The molecule has 2 aromatic carbocycles. The van der Waals surface area contributed by atoms with Gasteiger partial charge in [0.25, 0.3) is 23.6 Å². The van der Waals surface area contributed by atoms with E-state index in [-0.39, 0.29) is 52.5 Å². The van der Waals surface area contributed by atoms with Crippen LogP contribution >= 0.6 is 11.5 Å². The number of primary amides is 1. The van der Waals surface area contributed by atoms with Crippen molar-refractivity contribution < 1.29 is 33.4 Å². The van der Waals surface area contributed by atoms with Gasteiger partial charge < -0.3 is 20.5 Å². The molecule has 1 saturated heterocycles. The Labute approximate surface area is 269 Å². The van der Waals surface area contributed by atoms with Crippen molar-refractivity contribution in [2.75, 3.05) is 35.4 Å². The summed E-state index contributed by atoms with van der Waals surface area (Å²) in [5.74, 6) is -2.15. The van der Waals surface area contributed by atoms with E-state index in [1.165, 1.54) is 18.1 Å². The van der Waals surface area contributed by atoms with Crippen LogP contribution in [0.5, 0.6) is 5.88 Å². The maximum Gasteiger partial charge on any atom is 0.267 e. The summed E-state index contributed by atoms with van der Waals surface area (Å²) in [5, 5.41) is 7.50. The topological polar surface area (TPSA) is 192 Å². The maximum absolute atomic E-state index is 13.4. The third-order valence-electron chi connectivity index (χ3n) is 7.74. The van der Waals surface area contributed by atoms with Crippen LogP contribution in [0.1, 0.15) is 37.5 Å². The van der Waals surface area contributed by atoms with Gasteiger partial charge in [-0.25, -0.2) is 14.6 Å². The van der Waals surface area contributed by atoms with Crippen LogP contribution in [0.15, 0.2) is 67.0 Å². The highest BCUT2D eigenvalue weighted by Gasteiger charge is 2.39. The van der Waals surface area contributed by atoms with Crippen LogP contribution in [0.25, 0.3) is 15.8 Å². The van der Waals surface area contributed by atoms with Crippen LogP contribution < -0.4 is 25.6 Å². The smallest absolute Gasteiger partial charge is 0.267 e. The fourth-order valence-electron chi connectivity index (χ4n) is 5.52. The van der Waals surface area contributed by atoms with Gasteiger partial charge in [0.15, 0.2) is 11.6 Å². The number of imide groups is 1. The molecule has 0 spiro atoms. The van der Waals surface area contributed by atoms with Crippen LogP contribution in [0, 0.1) is 0 Å². The molecule has 2 aliphatic rings. The van der Waals surface area contributed by atoms with Gasteiger partial charge in [0.05, 0.1) is 59.4 Å². The highest BCUT2D eigenvalue weighted by atomic mass is 32.1. The number of nitrogens with one attached hydrogen (secondary N) is 1. The van der Waals surface area contributed by atoms with Gasteiger partial charge in [0.2, 0.25) is 11.8 Å². The first kappa shape index (κ1) is 29.7. The largest absolute Gasteiger partial charge is 0.481 e. The standard InChI is InChI=1S/C31H24N8O7S/c1-45-24-14-16(8-10-33-24)38-11-9-22(35-38)37-12-13-46-21(31(37)44)15-23(40)34-20-7-6-19-26(25(20)27(32)41)47-36-28(19)39-29(42)17-4-2-3-5-18(17)30(39)43/h2-11,14,21H,12-13,15H2,1H3,(H2,32,41)(H,34,40)/t21-/m1/s1. The van der Waals surface area contributed by atoms with Crippen molar-refractivity contribution in [1.29, 1.82) is 0 Å². The van der Waals surface area contributed by atoms with E-state index in [1.54, 1.807) is 65.6 Å². The molecule has 0 saturated carbocycles. The van der Waals surface area contributed by atoms with E-state index in [0.29, 0.717) is 22.8 Å². The number of aromatic nitrogens is 4. The summed E-state index contributed by atoms with van der Waals surface area (Å²) in [5.41, 5.74) is 6.94. The minimum absolute atomic E-state index is 0.0491. The third kappa shape index (κ3) is 5.14. The summed E-state index contributed by atoms with van der Waals surface area (Å²) >= 11 is 0.863. The number of ether oxygens (including phenoxy) is 2. The zero-order valence-corrected chi connectivity index (χ0v) is 25.4. The molecule has 3 N–H and O–H groups in total. The summed E-state index contributed by atoms with van der Waals surface area (Å²) in [6, 6.07) is 14.5. The Bertz CT molecular complexity index is 2090. The van der Waals surface area contributed by atoms with Gasteiger partial charge in [-0.1, -0.05) is 12.1 Å². The molecule has 0 radical (unpaired) electrons. The fraction of sp³-hybridized carbons (Fsp3) is 0.161. The SMILES string of the molecule is COc1cc(-n2ccc(N3CCO[C@H](CC(=O)Nc4ccc5c(N6C(=O)c7ccccc7C6=O)nsc5c4C(N)=O)C3=O)n2)ccn1. The van der Waals surface area contributed by atoms with E-state index in [9.17, 15) is 24.0 Å². The second-order valence-corrected chi connectivity index (χ2v) is 11.3. The first-order valence-corrected chi connectivity index (χ1v) is 15.0. The van der Waals surface area contributed by atoms with Crippen molar-refractivity contribution in [2.45, 2.75) is 12.5 Å². The molecule has 0 aliphatic carbocycles. The van der Waals surface area contributed by atoms with Crippen molar-refractivity contribution in [2.24, 2.45) is 5.73 Å².